The lowest BCUT2D eigenvalue weighted by atomic mass is 9.97. The molecule has 0 aliphatic heterocycles. The van der Waals surface area contributed by atoms with E-state index in [9.17, 15) is 4.79 Å². The molecule has 1 rings (SSSR count). The number of carbonyl (C=O) groups excluding carboxylic acids is 1. The Morgan fingerprint density at radius 2 is 2.17 bits per heavy atom. The third-order valence-corrected chi connectivity index (χ3v) is 4.17. The van der Waals surface area contributed by atoms with Gasteiger partial charge < -0.3 is 15.0 Å². The average Bonchev–Trinajstić information content (AvgIpc) is 3.18. The molecule has 0 heterocycles. The molecule has 0 aromatic heterocycles. The predicted octanol–water partition coefficient (Wildman–Crippen LogP) is 1.65. The molecule has 18 heavy (non-hydrogen) atoms. The Morgan fingerprint density at radius 3 is 2.61 bits per heavy atom. The van der Waals surface area contributed by atoms with Gasteiger partial charge in [-0.25, -0.2) is 0 Å². The van der Waals surface area contributed by atoms with Crippen molar-refractivity contribution in [3.8, 4) is 0 Å². The van der Waals surface area contributed by atoms with Crippen molar-refractivity contribution in [2.45, 2.75) is 51.6 Å². The lowest BCUT2D eigenvalue weighted by molar-refractivity contribution is -0.148. The van der Waals surface area contributed by atoms with E-state index in [4.69, 9.17) is 4.74 Å². The standard InChI is InChI=1S/C14H28N2O2/c1-6-15-14(3,13(17)18-5)9-10-16(4)11(2)12-7-8-12/h11-12,15H,6-10H2,1-5H3. The highest BCUT2D eigenvalue weighted by atomic mass is 16.5. The summed E-state index contributed by atoms with van der Waals surface area (Å²) in [5.41, 5.74) is -0.568. The fourth-order valence-corrected chi connectivity index (χ4v) is 2.42. The second-order valence-electron chi connectivity index (χ2n) is 5.66. The molecule has 1 aliphatic carbocycles. The number of esters is 1. The number of hydrogen-bond acceptors (Lipinski definition) is 4. The zero-order valence-corrected chi connectivity index (χ0v) is 12.5. The second kappa shape index (κ2) is 6.53. The smallest absolute Gasteiger partial charge is 0.325 e. The van der Waals surface area contributed by atoms with E-state index in [0.29, 0.717) is 6.04 Å². The number of nitrogens with one attached hydrogen (secondary N) is 1. The highest BCUT2D eigenvalue weighted by Gasteiger charge is 2.35. The highest BCUT2D eigenvalue weighted by Crippen LogP contribution is 2.34. The number of likely N-dealkylation sites (N-methyl/N-ethyl adjacent to an activating group) is 1. The van der Waals surface area contributed by atoms with Gasteiger partial charge in [-0.1, -0.05) is 6.92 Å². The van der Waals surface area contributed by atoms with Gasteiger partial charge >= 0.3 is 5.97 Å². The molecule has 0 radical (unpaired) electrons. The molecule has 0 bridgehead atoms. The van der Waals surface area contributed by atoms with Crippen molar-refractivity contribution in [1.29, 1.82) is 0 Å². The van der Waals surface area contributed by atoms with E-state index >= 15 is 0 Å². The summed E-state index contributed by atoms with van der Waals surface area (Å²) in [7, 11) is 3.60. The maximum Gasteiger partial charge on any atom is 0.325 e. The van der Waals surface area contributed by atoms with Crippen LogP contribution in [0.5, 0.6) is 0 Å². The Morgan fingerprint density at radius 1 is 1.56 bits per heavy atom. The predicted molar refractivity (Wildman–Crippen MR) is 73.5 cm³/mol. The van der Waals surface area contributed by atoms with Gasteiger partial charge in [-0.05, 0) is 52.6 Å². The van der Waals surface area contributed by atoms with Gasteiger partial charge in [0.05, 0.1) is 7.11 Å². The van der Waals surface area contributed by atoms with E-state index in [1.165, 1.54) is 20.0 Å². The molecular formula is C14H28N2O2. The minimum Gasteiger partial charge on any atom is -0.468 e. The first-order valence-electron chi connectivity index (χ1n) is 6.98. The van der Waals surface area contributed by atoms with Crippen LogP contribution in [0.3, 0.4) is 0 Å². The Balaban J connectivity index is 2.47. The molecule has 0 saturated heterocycles. The largest absolute Gasteiger partial charge is 0.468 e. The summed E-state index contributed by atoms with van der Waals surface area (Å²) >= 11 is 0. The summed E-state index contributed by atoms with van der Waals surface area (Å²) in [4.78, 5) is 14.2. The van der Waals surface area contributed by atoms with Crippen LogP contribution in [0, 0.1) is 5.92 Å². The molecule has 4 nitrogen and oxygen atoms in total. The van der Waals surface area contributed by atoms with Gasteiger partial charge in [0.25, 0.3) is 0 Å². The van der Waals surface area contributed by atoms with Crippen LogP contribution in [-0.4, -0.2) is 49.7 Å². The van der Waals surface area contributed by atoms with E-state index in [2.05, 4.69) is 24.2 Å². The first-order chi connectivity index (χ1) is 8.44. The van der Waals surface area contributed by atoms with Crippen LogP contribution in [0.4, 0.5) is 0 Å². The topological polar surface area (TPSA) is 41.6 Å². The van der Waals surface area contributed by atoms with Crippen LogP contribution in [0.2, 0.25) is 0 Å². The minimum absolute atomic E-state index is 0.170. The first-order valence-corrected chi connectivity index (χ1v) is 6.98. The SMILES string of the molecule is CCNC(C)(CCN(C)C(C)C1CC1)C(=O)OC. The Labute approximate surface area is 111 Å². The summed E-state index contributed by atoms with van der Waals surface area (Å²) < 4.78 is 4.90. The van der Waals surface area contributed by atoms with E-state index in [0.717, 1.165) is 25.4 Å². The normalized spacial score (nSPS) is 20.6. The second-order valence-corrected chi connectivity index (χ2v) is 5.66. The lowest BCUT2D eigenvalue weighted by Gasteiger charge is -2.32. The third-order valence-electron chi connectivity index (χ3n) is 4.17. The van der Waals surface area contributed by atoms with Gasteiger partial charge in [0, 0.05) is 12.6 Å². The van der Waals surface area contributed by atoms with Gasteiger partial charge in [-0.3, -0.25) is 4.79 Å². The molecule has 0 aromatic carbocycles. The monoisotopic (exact) mass is 256 g/mol. The zero-order chi connectivity index (χ0) is 13.8. The Kier molecular flexibility index (Phi) is 5.60. The first kappa shape index (κ1) is 15.4. The molecule has 1 N–H and O–H groups in total. The molecule has 0 aromatic rings. The van der Waals surface area contributed by atoms with E-state index in [-0.39, 0.29) is 5.97 Å². The molecule has 0 spiro atoms. The van der Waals surface area contributed by atoms with E-state index in [1.54, 1.807) is 0 Å². The fraction of sp³-hybridized carbons (Fsp3) is 0.929. The summed E-state index contributed by atoms with van der Waals surface area (Å²) in [6.45, 7) is 7.90. The van der Waals surface area contributed by atoms with E-state index in [1.807, 2.05) is 13.8 Å². The number of carbonyl (C=O) groups is 1. The number of ether oxygens (including phenoxy) is 1. The van der Waals surface area contributed by atoms with E-state index < -0.39 is 5.54 Å². The van der Waals surface area contributed by atoms with Gasteiger partial charge in [0.1, 0.15) is 5.54 Å². The van der Waals surface area contributed by atoms with Crippen molar-refractivity contribution in [3.05, 3.63) is 0 Å². The highest BCUT2D eigenvalue weighted by molar-refractivity contribution is 5.80. The summed E-state index contributed by atoms with van der Waals surface area (Å²) in [6, 6.07) is 0.619. The van der Waals surface area contributed by atoms with Crippen molar-refractivity contribution >= 4 is 5.97 Å². The Hall–Kier alpha value is -0.610. The molecule has 106 valence electrons. The summed E-state index contributed by atoms with van der Waals surface area (Å²) in [5, 5.41) is 3.25. The van der Waals surface area contributed by atoms with Crippen LogP contribution < -0.4 is 5.32 Å². The molecule has 4 heteroatoms. The van der Waals surface area contributed by atoms with Gasteiger partial charge in [0.2, 0.25) is 0 Å². The summed E-state index contributed by atoms with van der Waals surface area (Å²) in [5.74, 6) is 0.690. The molecule has 1 aliphatic rings. The van der Waals surface area contributed by atoms with Crippen LogP contribution in [0.1, 0.15) is 40.0 Å². The van der Waals surface area contributed by atoms with Crippen LogP contribution in [-0.2, 0) is 9.53 Å². The Bertz CT molecular complexity index is 279. The quantitative estimate of drug-likeness (QED) is 0.671. The number of methoxy groups -OCH3 is 1. The zero-order valence-electron chi connectivity index (χ0n) is 12.5. The average molecular weight is 256 g/mol. The van der Waals surface area contributed by atoms with Crippen molar-refractivity contribution in [1.82, 2.24) is 10.2 Å². The number of rotatable bonds is 8. The van der Waals surface area contributed by atoms with Crippen molar-refractivity contribution in [3.63, 3.8) is 0 Å². The summed E-state index contributed by atoms with van der Waals surface area (Å²) in [6.07, 6.45) is 3.49. The molecular weight excluding hydrogens is 228 g/mol. The van der Waals surface area contributed by atoms with Gasteiger partial charge in [-0.2, -0.15) is 0 Å². The molecule has 1 saturated carbocycles. The maximum absolute atomic E-state index is 11.8. The van der Waals surface area contributed by atoms with Crippen LogP contribution in [0.15, 0.2) is 0 Å². The van der Waals surface area contributed by atoms with Gasteiger partial charge in [-0.15, -0.1) is 0 Å². The van der Waals surface area contributed by atoms with Crippen molar-refractivity contribution in [2.24, 2.45) is 5.92 Å². The van der Waals surface area contributed by atoms with Crippen LogP contribution >= 0.6 is 0 Å². The lowest BCUT2D eigenvalue weighted by Crippen LogP contribution is -2.52. The fourth-order valence-electron chi connectivity index (χ4n) is 2.42. The minimum atomic E-state index is -0.568. The molecule has 0 amide bonds. The number of nitrogens with zero attached hydrogens (tertiary/aromatic N) is 1. The van der Waals surface area contributed by atoms with Gasteiger partial charge in [0.15, 0.2) is 0 Å². The van der Waals surface area contributed by atoms with Crippen molar-refractivity contribution < 1.29 is 9.53 Å². The maximum atomic E-state index is 11.8. The number of hydrogen-bond donors (Lipinski definition) is 1. The molecule has 1 fully saturated rings. The molecule has 2 unspecified atom stereocenters. The van der Waals surface area contributed by atoms with Crippen molar-refractivity contribution in [2.75, 3.05) is 27.2 Å². The van der Waals surface area contributed by atoms with Crippen LogP contribution in [0.25, 0.3) is 0 Å². The third kappa shape index (κ3) is 3.95. The molecule has 2 atom stereocenters.